The molecule has 0 bridgehead atoms. The number of hydrogen-bond donors (Lipinski definition) is 3. The van der Waals surface area contributed by atoms with Crippen molar-refractivity contribution >= 4 is 18.6 Å². The first-order valence-corrected chi connectivity index (χ1v) is 5.74. The second-order valence-corrected chi connectivity index (χ2v) is 3.93. The van der Waals surface area contributed by atoms with E-state index in [1.807, 2.05) is 0 Å². The number of carbonyl (C=O) groups is 1. The summed E-state index contributed by atoms with van der Waals surface area (Å²) in [5.74, 6) is -0.0564. The molecule has 0 radical (unpaired) electrons. The van der Waals surface area contributed by atoms with Crippen LogP contribution in [0.4, 0.5) is 0 Å². The Bertz CT molecular complexity index is 385. The molecule has 0 amide bonds. The van der Waals surface area contributed by atoms with E-state index >= 15 is 0 Å². The van der Waals surface area contributed by atoms with E-state index in [-0.39, 0.29) is 11.3 Å². The lowest BCUT2D eigenvalue weighted by molar-refractivity contribution is 0.0146. The first-order valence-electron chi connectivity index (χ1n) is 5.11. The second kappa shape index (κ2) is 6.58. The molecule has 0 aliphatic heterocycles. The van der Waals surface area contributed by atoms with Crippen LogP contribution in [0.25, 0.3) is 0 Å². The van der Waals surface area contributed by atoms with E-state index in [1.165, 1.54) is 25.4 Å². The van der Waals surface area contributed by atoms with Crippen molar-refractivity contribution in [3.05, 3.63) is 29.6 Å². The minimum absolute atomic E-state index is 0.238. The highest BCUT2D eigenvalue weighted by Crippen LogP contribution is 2.18. The van der Waals surface area contributed by atoms with Crippen LogP contribution in [0.2, 0.25) is 0 Å². The van der Waals surface area contributed by atoms with Gasteiger partial charge in [0, 0.05) is 6.20 Å². The van der Waals surface area contributed by atoms with Gasteiger partial charge in [0.2, 0.25) is 0 Å². The first kappa shape index (κ1) is 14.0. The van der Waals surface area contributed by atoms with Crippen molar-refractivity contribution in [1.29, 1.82) is 0 Å². The van der Waals surface area contributed by atoms with Gasteiger partial charge in [-0.05, 0) is 24.3 Å². The maximum Gasteiger partial charge on any atom is 0.337 e. The molecule has 5 nitrogen and oxygen atoms in total. The van der Waals surface area contributed by atoms with Crippen LogP contribution in [0.1, 0.15) is 28.6 Å². The van der Waals surface area contributed by atoms with Gasteiger partial charge in [-0.25, -0.2) is 4.79 Å². The third-order valence-electron chi connectivity index (χ3n) is 2.29. The highest BCUT2D eigenvalue weighted by Gasteiger charge is 2.20. The molecule has 2 atom stereocenters. The molecule has 0 saturated heterocycles. The molecule has 1 rings (SSSR count). The smallest absolute Gasteiger partial charge is 0.337 e. The molecule has 2 unspecified atom stereocenters. The van der Waals surface area contributed by atoms with Crippen molar-refractivity contribution < 1.29 is 19.7 Å². The number of hydrogen-bond acceptors (Lipinski definition) is 6. The second-order valence-electron chi connectivity index (χ2n) is 3.49. The van der Waals surface area contributed by atoms with Crippen molar-refractivity contribution in [2.75, 3.05) is 12.9 Å². The Morgan fingerprint density at radius 2 is 2.29 bits per heavy atom. The molecule has 0 saturated carbocycles. The monoisotopic (exact) mass is 257 g/mol. The maximum absolute atomic E-state index is 11.3. The van der Waals surface area contributed by atoms with Gasteiger partial charge >= 0.3 is 5.97 Å². The number of rotatable bonds is 5. The number of methoxy groups -OCH3 is 1. The summed E-state index contributed by atoms with van der Waals surface area (Å²) in [7, 11) is 1.27. The summed E-state index contributed by atoms with van der Waals surface area (Å²) in [5.41, 5.74) is 0.525. The van der Waals surface area contributed by atoms with Crippen molar-refractivity contribution in [1.82, 2.24) is 4.98 Å². The standard InChI is InChI=1S/C11H15NO4S/c1-16-11(15)7-2-4-12-8(6-7)10(14)9(13)3-5-17/h2,4,6,9-10,13-14,17H,3,5H2,1H3. The molecule has 0 fully saturated rings. The fourth-order valence-corrected chi connectivity index (χ4v) is 1.61. The molecule has 6 heteroatoms. The van der Waals surface area contributed by atoms with Crippen LogP contribution < -0.4 is 0 Å². The molecule has 94 valence electrons. The molecule has 0 spiro atoms. The van der Waals surface area contributed by atoms with Crippen LogP contribution >= 0.6 is 12.6 Å². The lowest BCUT2D eigenvalue weighted by Gasteiger charge is -2.16. The molecule has 0 aromatic carbocycles. The zero-order valence-electron chi connectivity index (χ0n) is 9.41. The van der Waals surface area contributed by atoms with E-state index in [0.29, 0.717) is 12.2 Å². The highest BCUT2D eigenvalue weighted by molar-refractivity contribution is 7.80. The number of thiol groups is 1. The number of pyridine rings is 1. The molecular formula is C11H15NO4S. The summed E-state index contributed by atoms with van der Waals surface area (Å²) in [5, 5.41) is 19.4. The van der Waals surface area contributed by atoms with Gasteiger partial charge in [-0.15, -0.1) is 0 Å². The Kier molecular flexibility index (Phi) is 5.40. The van der Waals surface area contributed by atoms with E-state index in [1.54, 1.807) is 0 Å². The number of aliphatic hydroxyl groups excluding tert-OH is 2. The van der Waals surface area contributed by atoms with Crippen LogP contribution in [0, 0.1) is 0 Å². The Labute approximate surface area is 105 Å². The summed E-state index contributed by atoms with van der Waals surface area (Å²) in [6.45, 7) is 0. The summed E-state index contributed by atoms with van der Waals surface area (Å²) < 4.78 is 4.56. The van der Waals surface area contributed by atoms with E-state index in [4.69, 9.17) is 0 Å². The van der Waals surface area contributed by atoms with Crippen LogP contribution in [0.15, 0.2) is 18.3 Å². The largest absolute Gasteiger partial charge is 0.465 e. The Balaban J connectivity index is 2.87. The summed E-state index contributed by atoms with van der Waals surface area (Å²) >= 11 is 3.97. The van der Waals surface area contributed by atoms with Crippen molar-refractivity contribution in [3.8, 4) is 0 Å². The molecule has 1 aromatic rings. The Morgan fingerprint density at radius 1 is 1.59 bits per heavy atom. The third-order valence-corrected chi connectivity index (χ3v) is 2.55. The molecule has 0 aliphatic rings. The topological polar surface area (TPSA) is 79.7 Å². The minimum atomic E-state index is -1.13. The zero-order chi connectivity index (χ0) is 12.8. The summed E-state index contributed by atoms with van der Waals surface area (Å²) in [6, 6.07) is 2.88. The molecule has 1 aromatic heterocycles. The lowest BCUT2D eigenvalue weighted by Crippen LogP contribution is -2.20. The van der Waals surface area contributed by atoms with E-state index < -0.39 is 18.2 Å². The average Bonchev–Trinajstić information content (AvgIpc) is 2.37. The van der Waals surface area contributed by atoms with Gasteiger partial charge in [-0.3, -0.25) is 4.98 Å². The zero-order valence-corrected chi connectivity index (χ0v) is 10.3. The number of nitrogens with zero attached hydrogens (tertiary/aromatic N) is 1. The van der Waals surface area contributed by atoms with Gasteiger partial charge < -0.3 is 14.9 Å². The van der Waals surface area contributed by atoms with Crippen molar-refractivity contribution in [3.63, 3.8) is 0 Å². The number of aromatic nitrogens is 1. The van der Waals surface area contributed by atoms with Crippen LogP contribution in [-0.4, -0.2) is 40.1 Å². The maximum atomic E-state index is 11.3. The first-order chi connectivity index (χ1) is 8.10. The quantitative estimate of drug-likeness (QED) is 0.531. The van der Waals surface area contributed by atoms with Gasteiger partial charge in [0.15, 0.2) is 0 Å². The van der Waals surface area contributed by atoms with Gasteiger partial charge in [0.05, 0.1) is 24.5 Å². The lowest BCUT2D eigenvalue weighted by atomic mass is 10.1. The minimum Gasteiger partial charge on any atom is -0.465 e. The number of ether oxygens (including phenoxy) is 1. The predicted octanol–water partition coefficient (Wildman–Crippen LogP) is 0.582. The fraction of sp³-hybridized carbons (Fsp3) is 0.455. The summed E-state index contributed by atoms with van der Waals surface area (Å²) in [6.07, 6.45) is -0.355. The molecule has 1 heterocycles. The Hall–Kier alpha value is -1.11. The van der Waals surface area contributed by atoms with Gasteiger partial charge in [0.1, 0.15) is 6.10 Å². The SMILES string of the molecule is COC(=O)c1ccnc(C(O)C(O)CCS)c1. The van der Waals surface area contributed by atoms with Gasteiger partial charge in [-0.2, -0.15) is 12.6 Å². The predicted molar refractivity (Wildman–Crippen MR) is 65.0 cm³/mol. The normalized spacial score (nSPS) is 14.1. The van der Waals surface area contributed by atoms with Gasteiger partial charge in [-0.1, -0.05) is 0 Å². The molecule has 2 N–H and O–H groups in total. The van der Waals surface area contributed by atoms with Crippen LogP contribution in [0.3, 0.4) is 0 Å². The van der Waals surface area contributed by atoms with Crippen LogP contribution in [-0.2, 0) is 4.74 Å². The van der Waals surface area contributed by atoms with Crippen molar-refractivity contribution in [2.24, 2.45) is 0 Å². The fourth-order valence-electron chi connectivity index (χ4n) is 1.34. The third kappa shape index (κ3) is 3.69. The van der Waals surface area contributed by atoms with Crippen molar-refractivity contribution in [2.45, 2.75) is 18.6 Å². The number of aliphatic hydroxyl groups is 2. The number of carbonyl (C=O) groups excluding carboxylic acids is 1. The molecule has 17 heavy (non-hydrogen) atoms. The average molecular weight is 257 g/mol. The Morgan fingerprint density at radius 3 is 2.88 bits per heavy atom. The number of esters is 1. The molecule has 0 aliphatic carbocycles. The summed E-state index contributed by atoms with van der Waals surface area (Å²) in [4.78, 5) is 15.2. The van der Waals surface area contributed by atoms with Gasteiger partial charge in [0.25, 0.3) is 0 Å². The van der Waals surface area contributed by atoms with Crippen LogP contribution in [0.5, 0.6) is 0 Å². The van der Waals surface area contributed by atoms with E-state index in [2.05, 4.69) is 22.3 Å². The molecular weight excluding hydrogens is 242 g/mol. The highest BCUT2D eigenvalue weighted by atomic mass is 32.1. The van der Waals surface area contributed by atoms with E-state index in [9.17, 15) is 15.0 Å². The van der Waals surface area contributed by atoms with E-state index in [0.717, 1.165) is 0 Å².